The van der Waals surface area contributed by atoms with E-state index in [1.165, 1.54) is 4.90 Å². The van der Waals surface area contributed by atoms with E-state index in [0.717, 1.165) is 19.6 Å². The summed E-state index contributed by atoms with van der Waals surface area (Å²) in [6.07, 6.45) is 0.792. The molecule has 0 spiro atoms. The summed E-state index contributed by atoms with van der Waals surface area (Å²) >= 11 is 0. The van der Waals surface area contributed by atoms with Gasteiger partial charge in [-0.3, -0.25) is 19.4 Å². The summed E-state index contributed by atoms with van der Waals surface area (Å²) in [6, 6.07) is 0.951. The van der Waals surface area contributed by atoms with Crippen LogP contribution in [0.25, 0.3) is 0 Å². The quantitative estimate of drug-likeness (QED) is 0.750. The van der Waals surface area contributed by atoms with E-state index >= 15 is 0 Å². The number of rotatable bonds is 3. The van der Waals surface area contributed by atoms with Crippen LogP contribution in [0.3, 0.4) is 0 Å². The number of hydrogen-bond donors (Lipinski definition) is 1. The van der Waals surface area contributed by atoms with Crippen LogP contribution in [0.4, 0.5) is 0 Å². The van der Waals surface area contributed by atoms with E-state index < -0.39 is 0 Å². The summed E-state index contributed by atoms with van der Waals surface area (Å²) in [5.74, 6) is -0.0162. The molecule has 104 valence electrons. The maximum atomic E-state index is 11.5. The van der Waals surface area contributed by atoms with Gasteiger partial charge in [0.25, 0.3) is 0 Å². The van der Waals surface area contributed by atoms with Gasteiger partial charge in [-0.1, -0.05) is 0 Å². The number of nitrogens with one attached hydrogen (secondary N) is 1. The van der Waals surface area contributed by atoms with Crippen molar-refractivity contribution in [2.24, 2.45) is 0 Å². The molecular weight excluding hydrogens is 254 g/mol. The van der Waals surface area contributed by atoms with Crippen molar-refractivity contribution in [3.05, 3.63) is 0 Å². The molecule has 2 fully saturated rings. The standard InChI is InChI=1S/C12H21N3O2.ClH/c1-9-7-14(8-10(2)13-9)5-6-15-11(16)3-4-12(15)17;/h9-10,13H,3-8H2,1-2H3;1H. The molecule has 0 radical (unpaired) electrons. The third-order valence-corrected chi connectivity index (χ3v) is 3.43. The van der Waals surface area contributed by atoms with Gasteiger partial charge < -0.3 is 5.32 Å². The zero-order chi connectivity index (χ0) is 12.4. The summed E-state index contributed by atoms with van der Waals surface area (Å²) < 4.78 is 0. The van der Waals surface area contributed by atoms with Crippen molar-refractivity contribution in [3.63, 3.8) is 0 Å². The number of imide groups is 1. The fourth-order valence-corrected chi connectivity index (χ4v) is 2.74. The fraction of sp³-hybridized carbons (Fsp3) is 0.833. The van der Waals surface area contributed by atoms with Gasteiger partial charge in [-0.25, -0.2) is 0 Å². The van der Waals surface area contributed by atoms with Crippen LogP contribution in [-0.4, -0.2) is 59.9 Å². The molecule has 2 aliphatic heterocycles. The SMILES string of the molecule is CC1CN(CCN2C(=O)CCC2=O)CC(C)N1.Cl. The van der Waals surface area contributed by atoms with Gasteiger partial charge >= 0.3 is 0 Å². The van der Waals surface area contributed by atoms with E-state index in [2.05, 4.69) is 24.1 Å². The highest BCUT2D eigenvalue weighted by atomic mass is 35.5. The van der Waals surface area contributed by atoms with Crippen molar-refractivity contribution in [3.8, 4) is 0 Å². The predicted octanol–water partition coefficient (Wildman–Crippen LogP) is 0.239. The minimum Gasteiger partial charge on any atom is -0.309 e. The summed E-state index contributed by atoms with van der Waals surface area (Å²) in [7, 11) is 0. The van der Waals surface area contributed by atoms with Crippen molar-refractivity contribution in [2.75, 3.05) is 26.2 Å². The van der Waals surface area contributed by atoms with Crippen LogP contribution in [0.5, 0.6) is 0 Å². The number of nitrogens with zero attached hydrogens (tertiary/aromatic N) is 2. The van der Waals surface area contributed by atoms with Gasteiger partial charge in [0.15, 0.2) is 0 Å². The molecule has 5 nitrogen and oxygen atoms in total. The maximum absolute atomic E-state index is 11.5. The molecule has 2 heterocycles. The Morgan fingerprint density at radius 1 is 1.06 bits per heavy atom. The largest absolute Gasteiger partial charge is 0.309 e. The third-order valence-electron chi connectivity index (χ3n) is 3.43. The fourth-order valence-electron chi connectivity index (χ4n) is 2.74. The molecule has 0 bridgehead atoms. The number of halogens is 1. The summed E-state index contributed by atoms with van der Waals surface area (Å²) in [5, 5.41) is 3.47. The Kier molecular flexibility index (Phi) is 5.56. The lowest BCUT2D eigenvalue weighted by atomic mass is 10.1. The second kappa shape index (κ2) is 6.50. The molecule has 1 N–H and O–H groups in total. The summed E-state index contributed by atoms with van der Waals surface area (Å²) in [4.78, 5) is 26.7. The van der Waals surface area contributed by atoms with E-state index in [0.29, 0.717) is 31.5 Å². The maximum Gasteiger partial charge on any atom is 0.229 e. The van der Waals surface area contributed by atoms with Crippen LogP contribution in [0.15, 0.2) is 0 Å². The zero-order valence-corrected chi connectivity index (χ0v) is 11.8. The Labute approximate surface area is 114 Å². The zero-order valence-electron chi connectivity index (χ0n) is 11.0. The third kappa shape index (κ3) is 3.67. The monoisotopic (exact) mass is 275 g/mol. The van der Waals surface area contributed by atoms with Gasteiger partial charge in [0.2, 0.25) is 11.8 Å². The van der Waals surface area contributed by atoms with Crippen LogP contribution in [0.1, 0.15) is 26.7 Å². The summed E-state index contributed by atoms with van der Waals surface area (Å²) in [5.41, 5.74) is 0. The highest BCUT2D eigenvalue weighted by Gasteiger charge is 2.29. The molecule has 18 heavy (non-hydrogen) atoms. The van der Waals surface area contributed by atoms with Gasteiger partial charge in [0, 0.05) is 51.1 Å². The van der Waals surface area contributed by atoms with Crippen LogP contribution < -0.4 is 5.32 Å². The van der Waals surface area contributed by atoms with Crippen LogP contribution in [0.2, 0.25) is 0 Å². The summed E-state index contributed by atoms with van der Waals surface area (Å²) in [6.45, 7) is 7.65. The van der Waals surface area contributed by atoms with Crippen molar-refractivity contribution in [1.29, 1.82) is 0 Å². The van der Waals surface area contributed by atoms with E-state index in [1.54, 1.807) is 0 Å². The average Bonchev–Trinajstić information content (AvgIpc) is 2.55. The van der Waals surface area contributed by atoms with E-state index in [4.69, 9.17) is 0 Å². The Morgan fingerprint density at radius 3 is 2.06 bits per heavy atom. The molecule has 2 aliphatic rings. The highest BCUT2D eigenvalue weighted by Crippen LogP contribution is 2.12. The first-order valence-corrected chi connectivity index (χ1v) is 6.38. The lowest BCUT2D eigenvalue weighted by Crippen LogP contribution is -2.55. The number of hydrogen-bond acceptors (Lipinski definition) is 4. The first kappa shape index (κ1) is 15.4. The molecule has 0 saturated carbocycles. The van der Waals surface area contributed by atoms with Crippen LogP contribution in [-0.2, 0) is 9.59 Å². The van der Waals surface area contributed by atoms with Crippen molar-refractivity contribution < 1.29 is 9.59 Å². The number of carbonyl (C=O) groups excluding carboxylic acids is 2. The van der Waals surface area contributed by atoms with E-state index in [1.807, 2.05) is 0 Å². The molecule has 0 aromatic rings. The topological polar surface area (TPSA) is 52.7 Å². The van der Waals surface area contributed by atoms with Gasteiger partial charge in [-0.15, -0.1) is 12.4 Å². The Hall–Kier alpha value is -0.650. The lowest BCUT2D eigenvalue weighted by Gasteiger charge is -2.36. The predicted molar refractivity (Wildman–Crippen MR) is 71.7 cm³/mol. The van der Waals surface area contributed by atoms with Gasteiger partial charge in [0.05, 0.1) is 0 Å². The Bertz CT molecular complexity index is 298. The Balaban J connectivity index is 0.00000162. The number of amides is 2. The molecule has 2 atom stereocenters. The molecule has 0 aromatic heterocycles. The molecule has 0 aliphatic carbocycles. The van der Waals surface area contributed by atoms with Gasteiger partial charge in [0.1, 0.15) is 0 Å². The molecule has 2 saturated heterocycles. The normalized spacial score (nSPS) is 29.6. The first-order valence-electron chi connectivity index (χ1n) is 6.38. The second-order valence-electron chi connectivity index (χ2n) is 5.17. The molecule has 6 heteroatoms. The molecule has 2 amide bonds. The first-order chi connectivity index (χ1) is 8.06. The van der Waals surface area contributed by atoms with Crippen LogP contribution >= 0.6 is 12.4 Å². The van der Waals surface area contributed by atoms with E-state index in [9.17, 15) is 9.59 Å². The highest BCUT2D eigenvalue weighted by molar-refractivity contribution is 6.01. The minimum absolute atomic E-state index is 0. The van der Waals surface area contributed by atoms with Gasteiger partial charge in [-0.2, -0.15) is 0 Å². The molecule has 0 aromatic carbocycles. The second-order valence-corrected chi connectivity index (χ2v) is 5.17. The Morgan fingerprint density at radius 2 is 1.56 bits per heavy atom. The molecule has 2 unspecified atom stereocenters. The average molecular weight is 276 g/mol. The smallest absolute Gasteiger partial charge is 0.229 e. The van der Waals surface area contributed by atoms with E-state index in [-0.39, 0.29) is 24.2 Å². The van der Waals surface area contributed by atoms with Crippen molar-refractivity contribution >= 4 is 24.2 Å². The molecule has 2 rings (SSSR count). The van der Waals surface area contributed by atoms with Crippen molar-refractivity contribution in [2.45, 2.75) is 38.8 Å². The number of likely N-dealkylation sites (tertiary alicyclic amines) is 1. The minimum atomic E-state index is -0.00812. The molecular formula is C12H22ClN3O2. The lowest BCUT2D eigenvalue weighted by molar-refractivity contribution is -0.138. The van der Waals surface area contributed by atoms with Crippen LogP contribution in [0, 0.1) is 0 Å². The number of piperazine rings is 1. The number of carbonyl (C=O) groups is 2. The van der Waals surface area contributed by atoms with Crippen molar-refractivity contribution in [1.82, 2.24) is 15.1 Å². The van der Waals surface area contributed by atoms with Gasteiger partial charge in [-0.05, 0) is 13.8 Å².